The number of rotatable bonds is 4. The number of carbonyl (C=O) groups excluding carboxylic acids is 2. The lowest BCUT2D eigenvalue weighted by molar-refractivity contribution is -0.294. The number of nitrogens with one attached hydrogen (secondary N) is 2. The van der Waals surface area contributed by atoms with Crippen LogP contribution in [0.3, 0.4) is 0 Å². The van der Waals surface area contributed by atoms with E-state index < -0.39 is 41.8 Å². The predicted octanol–water partition coefficient (Wildman–Crippen LogP) is 1.17. The molecule has 0 radical (unpaired) electrons. The Morgan fingerprint density at radius 1 is 1.27 bits per heavy atom. The Balaban J connectivity index is 2.54. The summed E-state index contributed by atoms with van der Waals surface area (Å²) in [6.45, 7) is 1.12. The summed E-state index contributed by atoms with van der Waals surface area (Å²) in [5.74, 6) is -4.90. The molecule has 26 heavy (non-hydrogen) atoms. The number of benzene rings is 1. The molecular formula is C15H15F3N2O6. The van der Waals surface area contributed by atoms with Crippen molar-refractivity contribution < 1.29 is 42.5 Å². The van der Waals surface area contributed by atoms with Gasteiger partial charge in [0, 0.05) is 0 Å². The predicted molar refractivity (Wildman–Crippen MR) is 78.9 cm³/mol. The van der Waals surface area contributed by atoms with Crippen LogP contribution in [0.4, 0.5) is 18.0 Å². The van der Waals surface area contributed by atoms with E-state index in [1.54, 1.807) is 0 Å². The molecule has 4 N–H and O–H groups in total. The van der Waals surface area contributed by atoms with Crippen LogP contribution in [0.5, 0.6) is 0 Å². The van der Waals surface area contributed by atoms with E-state index in [-0.39, 0.29) is 17.7 Å². The van der Waals surface area contributed by atoms with Crippen molar-refractivity contribution in [1.29, 1.82) is 0 Å². The number of esters is 1. The van der Waals surface area contributed by atoms with Gasteiger partial charge in [-0.2, -0.15) is 13.2 Å². The fourth-order valence-corrected chi connectivity index (χ4v) is 2.65. The maximum absolute atomic E-state index is 13.4. The van der Waals surface area contributed by atoms with Gasteiger partial charge >= 0.3 is 24.1 Å². The van der Waals surface area contributed by atoms with Crippen molar-refractivity contribution in [3.63, 3.8) is 0 Å². The fourth-order valence-electron chi connectivity index (χ4n) is 2.65. The molecule has 1 aliphatic heterocycles. The zero-order valence-corrected chi connectivity index (χ0v) is 13.3. The maximum Gasteiger partial charge on any atom is 0.437 e. The van der Waals surface area contributed by atoms with E-state index in [0.29, 0.717) is 0 Å². The average molecular weight is 376 g/mol. The van der Waals surface area contributed by atoms with Gasteiger partial charge in [0.1, 0.15) is 5.92 Å². The van der Waals surface area contributed by atoms with Gasteiger partial charge < -0.3 is 25.6 Å². The number of halogens is 3. The molecule has 0 saturated carbocycles. The van der Waals surface area contributed by atoms with E-state index in [0.717, 1.165) is 24.3 Å². The van der Waals surface area contributed by atoms with Crippen LogP contribution >= 0.6 is 0 Å². The molecule has 0 spiro atoms. The van der Waals surface area contributed by atoms with E-state index in [1.807, 2.05) is 0 Å². The first-order valence-electron chi connectivity index (χ1n) is 7.39. The molecule has 2 amide bonds. The zero-order chi connectivity index (χ0) is 19.7. The molecule has 1 saturated heterocycles. The summed E-state index contributed by atoms with van der Waals surface area (Å²) >= 11 is 0. The minimum absolute atomic E-state index is 0.00872. The largest absolute Gasteiger partial charge is 0.478 e. The number of urea groups is 1. The molecule has 1 fully saturated rings. The number of amides is 2. The first kappa shape index (κ1) is 19.5. The Hall–Kier alpha value is -2.82. The van der Waals surface area contributed by atoms with Gasteiger partial charge in [0.15, 0.2) is 0 Å². The number of ether oxygens (including phenoxy) is 1. The normalized spacial score (nSPS) is 25.8. The zero-order valence-electron chi connectivity index (χ0n) is 13.3. The molecule has 3 atom stereocenters. The lowest BCUT2D eigenvalue weighted by Gasteiger charge is -2.44. The minimum Gasteiger partial charge on any atom is -0.478 e. The van der Waals surface area contributed by atoms with Crippen molar-refractivity contribution in [3.05, 3.63) is 35.4 Å². The Morgan fingerprint density at radius 3 is 2.31 bits per heavy atom. The lowest BCUT2D eigenvalue weighted by Crippen LogP contribution is -2.73. The van der Waals surface area contributed by atoms with Gasteiger partial charge in [-0.3, -0.25) is 4.79 Å². The van der Waals surface area contributed by atoms with Gasteiger partial charge in [-0.25, -0.2) is 9.59 Å². The molecular weight excluding hydrogens is 361 g/mol. The van der Waals surface area contributed by atoms with Gasteiger partial charge in [-0.1, -0.05) is 12.1 Å². The van der Waals surface area contributed by atoms with Crippen LogP contribution in [0, 0.1) is 5.92 Å². The molecule has 0 unspecified atom stereocenters. The highest BCUT2D eigenvalue weighted by molar-refractivity contribution is 5.88. The van der Waals surface area contributed by atoms with Crippen molar-refractivity contribution in [2.45, 2.75) is 24.9 Å². The van der Waals surface area contributed by atoms with Crippen LogP contribution in [-0.4, -0.2) is 46.7 Å². The van der Waals surface area contributed by atoms with E-state index in [9.17, 15) is 32.7 Å². The molecule has 2 rings (SSSR count). The van der Waals surface area contributed by atoms with Crippen LogP contribution in [0.1, 0.15) is 28.9 Å². The van der Waals surface area contributed by atoms with Crippen LogP contribution in [0.2, 0.25) is 0 Å². The first-order chi connectivity index (χ1) is 12.0. The Bertz CT molecular complexity index is 721. The highest BCUT2D eigenvalue weighted by Crippen LogP contribution is 2.43. The third kappa shape index (κ3) is 3.43. The second-order valence-electron chi connectivity index (χ2n) is 5.50. The average Bonchev–Trinajstić information content (AvgIpc) is 2.53. The Kier molecular flexibility index (Phi) is 5.12. The SMILES string of the molecule is CCOC(=O)[C@@H]1[C@H](c2ccc(C(=O)O)cc2)NC(=O)N[C@]1(O)C(F)(F)F. The maximum atomic E-state index is 13.4. The lowest BCUT2D eigenvalue weighted by atomic mass is 9.82. The molecule has 8 nitrogen and oxygen atoms in total. The van der Waals surface area contributed by atoms with Crippen molar-refractivity contribution in [3.8, 4) is 0 Å². The summed E-state index contributed by atoms with van der Waals surface area (Å²) in [7, 11) is 0. The molecule has 0 aliphatic carbocycles. The molecule has 0 bridgehead atoms. The third-order valence-corrected chi connectivity index (χ3v) is 3.86. The number of aliphatic hydroxyl groups is 1. The van der Waals surface area contributed by atoms with Crippen molar-refractivity contribution in [2.75, 3.05) is 6.61 Å². The van der Waals surface area contributed by atoms with Gasteiger partial charge in [-0.05, 0) is 24.6 Å². The van der Waals surface area contributed by atoms with Crippen LogP contribution < -0.4 is 10.6 Å². The third-order valence-electron chi connectivity index (χ3n) is 3.86. The number of carbonyl (C=O) groups is 3. The summed E-state index contributed by atoms with van der Waals surface area (Å²) in [6, 6.07) is 1.53. The van der Waals surface area contributed by atoms with Crippen LogP contribution in [-0.2, 0) is 9.53 Å². The molecule has 142 valence electrons. The minimum atomic E-state index is -5.37. The van der Waals surface area contributed by atoms with Crippen molar-refractivity contribution in [1.82, 2.24) is 10.6 Å². The van der Waals surface area contributed by atoms with Crippen LogP contribution in [0.15, 0.2) is 24.3 Å². The van der Waals surface area contributed by atoms with Gasteiger partial charge in [0.25, 0.3) is 5.72 Å². The summed E-state index contributed by atoms with van der Waals surface area (Å²) < 4.78 is 44.9. The van der Waals surface area contributed by atoms with E-state index in [1.165, 1.54) is 12.2 Å². The second-order valence-corrected chi connectivity index (χ2v) is 5.50. The molecule has 1 aliphatic rings. The highest BCUT2D eigenvalue weighted by Gasteiger charge is 2.67. The van der Waals surface area contributed by atoms with Crippen molar-refractivity contribution >= 4 is 18.0 Å². The summed E-state index contributed by atoms with van der Waals surface area (Å²) in [5, 5.41) is 22.5. The number of carboxylic acid groups (broad SMARTS) is 1. The highest BCUT2D eigenvalue weighted by atomic mass is 19.4. The Labute approximate surface area is 144 Å². The summed E-state index contributed by atoms with van der Waals surface area (Å²) in [4.78, 5) is 34.7. The number of carboxylic acids is 1. The smallest absolute Gasteiger partial charge is 0.437 e. The fraction of sp³-hybridized carbons (Fsp3) is 0.400. The first-order valence-corrected chi connectivity index (χ1v) is 7.39. The quantitative estimate of drug-likeness (QED) is 0.585. The molecule has 1 heterocycles. The van der Waals surface area contributed by atoms with Gasteiger partial charge in [0.2, 0.25) is 0 Å². The monoisotopic (exact) mass is 376 g/mol. The molecule has 11 heteroatoms. The van der Waals surface area contributed by atoms with E-state index in [2.05, 4.69) is 10.1 Å². The van der Waals surface area contributed by atoms with Crippen molar-refractivity contribution in [2.24, 2.45) is 5.92 Å². The van der Waals surface area contributed by atoms with Gasteiger partial charge in [-0.15, -0.1) is 0 Å². The number of alkyl halides is 3. The summed E-state index contributed by atoms with van der Waals surface area (Å²) in [6.07, 6.45) is -5.37. The number of hydrogen-bond acceptors (Lipinski definition) is 5. The Morgan fingerprint density at radius 2 is 1.85 bits per heavy atom. The number of hydrogen-bond donors (Lipinski definition) is 4. The molecule has 1 aromatic rings. The molecule has 0 aromatic heterocycles. The van der Waals surface area contributed by atoms with E-state index >= 15 is 0 Å². The molecule has 1 aromatic carbocycles. The van der Waals surface area contributed by atoms with E-state index in [4.69, 9.17) is 5.11 Å². The standard InChI is InChI=1S/C15H15F3N2O6/c1-2-26-12(23)9-10(7-3-5-8(6-4-7)11(21)22)19-13(24)20-14(9,25)15(16,17)18/h3-6,9-10,25H,2H2,1H3,(H,21,22)(H2,19,20,24)/t9-,10-,14+/m0/s1. The second kappa shape index (κ2) is 6.83. The van der Waals surface area contributed by atoms with Crippen LogP contribution in [0.25, 0.3) is 0 Å². The van der Waals surface area contributed by atoms with Gasteiger partial charge in [0.05, 0.1) is 18.2 Å². The number of aromatic carboxylic acids is 1. The summed E-state index contributed by atoms with van der Waals surface area (Å²) in [5.41, 5.74) is -4.02. The topological polar surface area (TPSA) is 125 Å².